The maximum Gasteiger partial charge on any atom is 0.573 e. The Kier molecular flexibility index (Phi) is 7.44. The van der Waals surface area contributed by atoms with Crippen molar-refractivity contribution >= 4 is 17.4 Å². The Morgan fingerprint density at radius 1 is 1.20 bits per heavy atom. The Bertz CT molecular complexity index is 918. The fourth-order valence-electron chi connectivity index (χ4n) is 3.07. The number of aryl methyl sites for hydroxylation is 1. The molecular formula is C21H24F3N3O3. The van der Waals surface area contributed by atoms with Crippen LogP contribution < -0.4 is 10.1 Å². The third kappa shape index (κ3) is 6.48. The zero-order chi connectivity index (χ0) is 22.5. The van der Waals surface area contributed by atoms with Crippen LogP contribution in [0, 0.1) is 13.8 Å². The maximum absolute atomic E-state index is 12.6. The average Bonchev–Trinajstić information content (AvgIpc) is 2.90. The van der Waals surface area contributed by atoms with Crippen molar-refractivity contribution < 1.29 is 27.5 Å². The van der Waals surface area contributed by atoms with Gasteiger partial charge in [-0.05, 0) is 51.2 Å². The van der Waals surface area contributed by atoms with Gasteiger partial charge in [-0.3, -0.25) is 14.5 Å². The molecule has 2 aromatic rings. The number of allylic oxidation sites excluding steroid dienone is 1. The maximum atomic E-state index is 12.6. The second-order valence-corrected chi connectivity index (χ2v) is 6.90. The third-order valence-electron chi connectivity index (χ3n) is 4.38. The summed E-state index contributed by atoms with van der Waals surface area (Å²) in [6, 6.07) is 6.64. The van der Waals surface area contributed by atoms with Crippen molar-refractivity contribution in [2.45, 2.75) is 26.8 Å². The molecule has 0 fully saturated rings. The zero-order valence-electron chi connectivity index (χ0n) is 17.0. The van der Waals surface area contributed by atoms with E-state index in [1.807, 2.05) is 24.5 Å². The number of ketones is 1. The van der Waals surface area contributed by atoms with Gasteiger partial charge in [0.05, 0.1) is 13.1 Å². The highest BCUT2D eigenvalue weighted by molar-refractivity contribution is 5.99. The van der Waals surface area contributed by atoms with Crippen LogP contribution in [0.5, 0.6) is 5.75 Å². The van der Waals surface area contributed by atoms with Gasteiger partial charge in [0.2, 0.25) is 5.91 Å². The Morgan fingerprint density at radius 3 is 2.40 bits per heavy atom. The first kappa shape index (κ1) is 23.2. The molecule has 1 heterocycles. The van der Waals surface area contributed by atoms with E-state index in [0.29, 0.717) is 17.8 Å². The second-order valence-electron chi connectivity index (χ2n) is 6.90. The minimum absolute atomic E-state index is 0.0458. The van der Waals surface area contributed by atoms with Crippen LogP contribution in [-0.2, 0) is 11.3 Å². The molecule has 0 bridgehead atoms. The summed E-state index contributed by atoms with van der Waals surface area (Å²) in [7, 11) is 1.64. The highest BCUT2D eigenvalue weighted by Crippen LogP contribution is 2.24. The number of nitrogens with one attached hydrogen (secondary N) is 1. The standard InChI is InChI=1S/C21H24F3N3O3/c1-5-10-27-14(2)11-18(15(27)3)19(28)12-26(4)13-20(29)25-16-6-8-17(9-7-16)30-21(22,23)24/h5-9,11H,1,10,12-13H2,2-4H3,(H,25,29). The molecule has 0 aliphatic heterocycles. The van der Waals surface area contributed by atoms with Crippen LogP contribution in [0.25, 0.3) is 0 Å². The van der Waals surface area contributed by atoms with Crippen molar-refractivity contribution in [1.29, 1.82) is 0 Å². The van der Waals surface area contributed by atoms with Gasteiger partial charge in [0.25, 0.3) is 0 Å². The molecule has 0 atom stereocenters. The third-order valence-corrected chi connectivity index (χ3v) is 4.38. The van der Waals surface area contributed by atoms with E-state index in [1.54, 1.807) is 18.0 Å². The molecule has 30 heavy (non-hydrogen) atoms. The number of halogens is 3. The summed E-state index contributed by atoms with van der Waals surface area (Å²) >= 11 is 0. The van der Waals surface area contributed by atoms with E-state index >= 15 is 0 Å². The lowest BCUT2D eigenvalue weighted by Gasteiger charge is -2.16. The number of alkyl halides is 3. The summed E-state index contributed by atoms with van der Waals surface area (Å²) < 4.78 is 42.3. The van der Waals surface area contributed by atoms with Crippen molar-refractivity contribution in [3.63, 3.8) is 0 Å². The molecule has 9 heteroatoms. The quantitative estimate of drug-likeness (QED) is 0.490. The molecule has 2 rings (SSSR count). The van der Waals surface area contributed by atoms with Crippen LogP contribution in [-0.4, -0.2) is 47.7 Å². The summed E-state index contributed by atoms with van der Waals surface area (Å²) in [5, 5.41) is 2.57. The van der Waals surface area contributed by atoms with Gasteiger partial charge in [0.15, 0.2) is 5.78 Å². The molecule has 0 saturated carbocycles. The van der Waals surface area contributed by atoms with Crippen LogP contribution in [0.2, 0.25) is 0 Å². The molecule has 1 amide bonds. The number of carbonyl (C=O) groups excluding carboxylic acids is 2. The van der Waals surface area contributed by atoms with E-state index in [-0.39, 0.29) is 24.6 Å². The first-order valence-corrected chi connectivity index (χ1v) is 9.15. The fourth-order valence-corrected chi connectivity index (χ4v) is 3.07. The van der Waals surface area contributed by atoms with E-state index in [2.05, 4.69) is 16.6 Å². The topological polar surface area (TPSA) is 63.6 Å². The molecule has 6 nitrogen and oxygen atoms in total. The number of nitrogens with zero attached hydrogens (tertiary/aromatic N) is 2. The lowest BCUT2D eigenvalue weighted by Crippen LogP contribution is -2.34. The number of aromatic nitrogens is 1. The summed E-state index contributed by atoms with van der Waals surface area (Å²) in [6.45, 7) is 8.08. The Morgan fingerprint density at radius 2 is 1.83 bits per heavy atom. The van der Waals surface area contributed by atoms with E-state index < -0.39 is 12.3 Å². The van der Waals surface area contributed by atoms with Crippen LogP contribution in [0.4, 0.5) is 18.9 Å². The number of anilines is 1. The van der Waals surface area contributed by atoms with Gasteiger partial charge in [0.1, 0.15) is 5.75 Å². The Hall–Kier alpha value is -3.07. The van der Waals surface area contributed by atoms with Crippen LogP contribution in [0.3, 0.4) is 0 Å². The van der Waals surface area contributed by atoms with E-state index in [9.17, 15) is 22.8 Å². The number of hydrogen-bond donors (Lipinski definition) is 1. The molecule has 162 valence electrons. The molecular weight excluding hydrogens is 399 g/mol. The molecule has 0 aliphatic rings. The van der Waals surface area contributed by atoms with Crippen molar-refractivity contribution in [3.8, 4) is 5.75 Å². The number of hydrogen-bond acceptors (Lipinski definition) is 4. The van der Waals surface area contributed by atoms with Gasteiger partial charge in [-0.15, -0.1) is 19.8 Å². The van der Waals surface area contributed by atoms with Crippen molar-refractivity contribution in [1.82, 2.24) is 9.47 Å². The largest absolute Gasteiger partial charge is 0.573 e. The molecule has 0 spiro atoms. The first-order valence-electron chi connectivity index (χ1n) is 9.15. The van der Waals surface area contributed by atoms with Crippen molar-refractivity contribution in [2.75, 3.05) is 25.5 Å². The lowest BCUT2D eigenvalue weighted by molar-refractivity contribution is -0.274. The number of ether oxygens (including phenoxy) is 1. The highest BCUT2D eigenvalue weighted by atomic mass is 19.4. The minimum atomic E-state index is -4.77. The van der Waals surface area contributed by atoms with Gasteiger partial charge in [-0.25, -0.2) is 0 Å². The number of carbonyl (C=O) groups is 2. The number of rotatable bonds is 9. The number of amides is 1. The van der Waals surface area contributed by atoms with Crippen molar-refractivity contribution in [2.24, 2.45) is 0 Å². The predicted molar refractivity (Wildman–Crippen MR) is 108 cm³/mol. The first-order chi connectivity index (χ1) is 14.0. The smallest absolute Gasteiger partial charge is 0.406 e. The van der Waals surface area contributed by atoms with Gasteiger partial charge >= 0.3 is 6.36 Å². The van der Waals surface area contributed by atoms with E-state index in [4.69, 9.17) is 0 Å². The van der Waals surface area contributed by atoms with Gasteiger partial charge in [-0.2, -0.15) is 0 Å². The number of likely N-dealkylation sites (N-methyl/N-ethyl adjacent to an activating group) is 1. The number of benzene rings is 1. The zero-order valence-corrected chi connectivity index (χ0v) is 17.0. The SMILES string of the molecule is C=CCn1c(C)cc(C(=O)CN(C)CC(=O)Nc2ccc(OC(F)(F)F)cc2)c1C. The molecule has 0 unspecified atom stereocenters. The predicted octanol–water partition coefficient (Wildman–Crippen LogP) is 3.94. The summed E-state index contributed by atoms with van der Waals surface area (Å²) in [5.74, 6) is -0.883. The van der Waals surface area contributed by atoms with Crippen LogP contribution in [0.1, 0.15) is 21.7 Å². The molecule has 1 N–H and O–H groups in total. The molecule has 0 saturated heterocycles. The summed E-state index contributed by atoms with van der Waals surface area (Å²) in [4.78, 5) is 26.4. The van der Waals surface area contributed by atoms with Crippen molar-refractivity contribution in [3.05, 3.63) is 59.9 Å². The molecule has 0 aliphatic carbocycles. The minimum Gasteiger partial charge on any atom is -0.406 e. The summed E-state index contributed by atoms with van der Waals surface area (Å²) in [5.41, 5.74) is 2.72. The summed E-state index contributed by atoms with van der Waals surface area (Å²) in [6.07, 6.45) is -3.02. The lowest BCUT2D eigenvalue weighted by atomic mass is 10.1. The Balaban J connectivity index is 1.91. The van der Waals surface area contributed by atoms with Gasteiger partial charge < -0.3 is 14.6 Å². The average molecular weight is 423 g/mol. The Labute approximate surface area is 172 Å². The molecule has 1 aromatic heterocycles. The van der Waals surface area contributed by atoms with E-state index in [0.717, 1.165) is 23.5 Å². The van der Waals surface area contributed by atoms with Gasteiger partial charge in [0, 0.05) is 29.2 Å². The highest BCUT2D eigenvalue weighted by Gasteiger charge is 2.31. The number of Topliss-reactive ketones (excluding diaryl/α,β-unsaturated/α-hetero) is 1. The van der Waals surface area contributed by atoms with Gasteiger partial charge in [-0.1, -0.05) is 6.08 Å². The second kappa shape index (κ2) is 9.62. The molecule has 1 aromatic carbocycles. The van der Waals surface area contributed by atoms with Crippen LogP contribution in [0.15, 0.2) is 43.0 Å². The monoisotopic (exact) mass is 423 g/mol. The van der Waals surface area contributed by atoms with Crippen LogP contribution >= 0.6 is 0 Å². The molecule has 0 radical (unpaired) electrons. The normalized spacial score (nSPS) is 11.4. The van der Waals surface area contributed by atoms with E-state index in [1.165, 1.54) is 12.1 Å². The fraction of sp³-hybridized carbons (Fsp3) is 0.333.